The van der Waals surface area contributed by atoms with Crippen LogP contribution in [0.15, 0.2) is 53.3 Å². The monoisotopic (exact) mass is 515 g/mol. The molecule has 2 aromatic heterocycles. The fraction of sp³-hybridized carbons (Fsp3) is 0.448. The Labute approximate surface area is 221 Å². The molecule has 2 fully saturated rings. The Hall–Kier alpha value is -3.59. The predicted molar refractivity (Wildman–Crippen MR) is 146 cm³/mol. The maximum Gasteiger partial charge on any atom is 0.253 e. The van der Waals surface area contributed by atoms with Gasteiger partial charge in [0, 0.05) is 37.3 Å². The molecule has 1 aliphatic carbocycles. The van der Waals surface area contributed by atoms with Crippen LogP contribution in [-0.4, -0.2) is 56.3 Å². The molecule has 0 unspecified atom stereocenters. The van der Waals surface area contributed by atoms with Crippen molar-refractivity contribution in [1.29, 1.82) is 0 Å². The lowest BCUT2D eigenvalue weighted by Gasteiger charge is -2.40. The fourth-order valence-electron chi connectivity index (χ4n) is 6.09. The van der Waals surface area contributed by atoms with Crippen molar-refractivity contribution >= 4 is 16.6 Å². The van der Waals surface area contributed by atoms with E-state index in [-0.39, 0.29) is 17.4 Å². The van der Waals surface area contributed by atoms with Gasteiger partial charge in [0.05, 0.1) is 11.7 Å². The number of aryl methyl sites for hydroxylation is 1. The Morgan fingerprint density at radius 3 is 2.58 bits per heavy atom. The van der Waals surface area contributed by atoms with Crippen molar-refractivity contribution in [2.75, 3.05) is 31.1 Å². The summed E-state index contributed by atoms with van der Waals surface area (Å²) < 4.78 is 16.5. The molecule has 6 rings (SSSR count). The molecule has 0 radical (unpaired) electrons. The predicted octanol–water partition coefficient (Wildman–Crippen LogP) is 4.63. The topological polar surface area (TPSA) is 82.9 Å². The second-order valence-electron chi connectivity index (χ2n) is 10.5. The van der Waals surface area contributed by atoms with E-state index in [0.29, 0.717) is 43.3 Å². The molecule has 38 heavy (non-hydrogen) atoms. The minimum atomic E-state index is -0.395. The van der Waals surface area contributed by atoms with E-state index in [1.807, 2.05) is 28.9 Å². The number of anilines is 1. The smallest absolute Gasteiger partial charge is 0.253 e. The van der Waals surface area contributed by atoms with Gasteiger partial charge >= 0.3 is 0 Å². The Bertz CT molecular complexity index is 1470. The normalized spacial score (nSPS) is 18.2. The van der Waals surface area contributed by atoms with Crippen molar-refractivity contribution in [3.63, 3.8) is 0 Å². The first-order chi connectivity index (χ1) is 18.6. The molecule has 0 spiro atoms. The first-order valence-electron chi connectivity index (χ1n) is 13.8. The van der Waals surface area contributed by atoms with Crippen molar-refractivity contribution in [3.05, 3.63) is 81.7 Å². The molecular weight excluding hydrogens is 481 g/mol. The summed E-state index contributed by atoms with van der Waals surface area (Å²) in [6.07, 6.45) is 6.56. The number of aromatic amines is 1. The quantitative estimate of drug-likeness (QED) is 0.403. The van der Waals surface area contributed by atoms with Gasteiger partial charge < -0.3 is 9.88 Å². The molecular formula is C29H34FN7O. The first-order valence-corrected chi connectivity index (χ1v) is 13.8. The Morgan fingerprint density at radius 2 is 1.82 bits per heavy atom. The summed E-state index contributed by atoms with van der Waals surface area (Å²) in [7, 11) is 0. The SMILES string of the molecule is CCc1ccc2[nH]c(=O)c([C@@H](c3nnnn3C3CCCCC3)N3CCN(c4ccccc4F)CC3)cc2c1. The average Bonchev–Trinajstić information content (AvgIpc) is 3.44. The van der Waals surface area contributed by atoms with Gasteiger partial charge in [-0.3, -0.25) is 9.69 Å². The van der Waals surface area contributed by atoms with E-state index in [0.717, 1.165) is 43.0 Å². The van der Waals surface area contributed by atoms with E-state index >= 15 is 0 Å². The molecule has 1 saturated heterocycles. The highest BCUT2D eigenvalue weighted by molar-refractivity contribution is 5.80. The Balaban J connectivity index is 1.40. The van der Waals surface area contributed by atoms with Crippen LogP contribution in [-0.2, 0) is 6.42 Å². The van der Waals surface area contributed by atoms with Crippen LogP contribution < -0.4 is 10.5 Å². The number of piperazine rings is 1. The van der Waals surface area contributed by atoms with Crippen LogP contribution in [0.1, 0.15) is 68.1 Å². The van der Waals surface area contributed by atoms with Gasteiger partial charge in [-0.25, -0.2) is 9.07 Å². The number of pyridine rings is 1. The fourth-order valence-corrected chi connectivity index (χ4v) is 6.09. The number of hydrogen-bond acceptors (Lipinski definition) is 6. The lowest BCUT2D eigenvalue weighted by atomic mass is 9.95. The molecule has 0 amide bonds. The molecule has 9 heteroatoms. The highest BCUT2D eigenvalue weighted by Crippen LogP contribution is 2.34. The maximum atomic E-state index is 14.5. The summed E-state index contributed by atoms with van der Waals surface area (Å²) in [5.41, 5.74) is 3.19. The molecule has 2 aliphatic rings. The first kappa shape index (κ1) is 24.7. The van der Waals surface area contributed by atoms with Gasteiger partial charge in [0.25, 0.3) is 5.56 Å². The zero-order chi connectivity index (χ0) is 26.1. The Kier molecular flexibility index (Phi) is 6.93. The number of rotatable bonds is 6. The molecule has 8 nitrogen and oxygen atoms in total. The number of halogens is 1. The molecule has 2 aromatic carbocycles. The zero-order valence-corrected chi connectivity index (χ0v) is 21.8. The number of H-pyrrole nitrogens is 1. The van der Waals surface area contributed by atoms with E-state index in [4.69, 9.17) is 0 Å². The van der Waals surface area contributed by atoms with E-state index in [2.05, 4.69) is 49.4 Å². The molecule has 1 saturated carbocycles. The second-order valence-corrected chi connectivity index (χ2v) is 10.5. The molecule has 1 atom stereocenters. The standard InChI is InChI=1S/C29H34FN7O/c1-2-20-12-13-25-21(18-20)19-23(29(38)31-25)27(28-32-33-34-37(28)22-8-4-3-5-9-22)36-16-14-35(15-17-36)26-11-7-6-10-24(26)30/h6-7,10-13,18-19,22,27H,2-5,8-9,14-17H2,1H3,(H,31,38)/t27-/m0/s1. The van der Waals surface area contributed by atoms with Crippen molar-refractivity contribution in [1.82, 2.24) is 30.1 Å². The number of benzene rings is 2. The van der Waals surface area contributed by atoms with E-state index in [9.17, 15) is 9.18 Å². The van der Waals surface area contributed by atoms with Gasteiger partial charge in [-0.1, -0.05) is 44.4 Å². The number of hydrogen-bond donors (Lipinski definition) is 1. The lowest BCUT2D eigenvalue weighted by Crippen LogP contribution is -2.49. The lowest BCUT2D eigenvalue weighted by molar-refractivity contribution is 0.192. The highest BCUT2D eigenvalue weighted by atomic mass is 19.1. The summed E-state index contributed by atoms with van der Waals surface area (Å²) >= 11 is 0. The second kappa shape index (κ2) is 10.6. The van der Waals surface area contributed by atoms with Gasteiger partial charge in [0.15, 0.2) is 5.82 Å². The third-order valence-corrected chi connectivity index (χ3v) is 8.20. The largest absolute Gasteiger partial charge is 0.367 e. The minimum Gasteiger partial charge on any atom is -0.367 e. The van der Waals surface area contributed by atoms with Gasteiger partial charge in [0.2, 0.25) is 0 Å². The van der Waals surface area contributed by atoms with Crippen LogP contribution in [0.3, 0.4) is 0 Å². The molecule has 3 heterocycles. The highest BCUT2D eigenvalue weighted by Gasteiger charge is 2.34. The third kappa shape index (κ3) is 4.71. The molecule has 0 bridgehead atoms. The van der Waals surface area contributed by atoms with Crippen LogP contribution in [0.25, 0.3) is 10.9 Å². The van der Waals surface area contributed by atoms with E-state index in [1.165, 1.54) is 18.1 Å². The number of para-hydroxylation sites is 1. The van der Waals surface area contributed by atoms with Gasteiger partial charge in [-0.15, -0.1) is 5.10 Å². The van der Waals surface area contributed by atoms with E-state index < -0.39 is 6.04 Å². The van der Waals surface area contributed by atoms with Crippen molar-refractivity contribution < 1.29 is 4.39 Å². The molecule has 1 aliphatic heterocycles. The van der Waals surface area contributed by atoms with Crippen LogP contribution in [0.4, 0.5) is 10.1 Å². The van der Waals surface area contributed by atoms with Crippen LogP contribution >= 0.6 is 0 Å². The van der Waals surface area contributed by atoms with Crippen molar-refractivity contribution in [2.24, 2.45) is 0 Å². The zero-order valence-electron chi connectivity index (χ0n) is 21.8. The summed E-state index contributed by atoms with van der Waals surface area (Å²) in [4.78, 5) is 21.0. The van der Waals surface area contributed by atoms with E-state index in [1.54, 1.807) is 6.07 Å². The minimum absolute atomic E-state index is 0.124. The maximum absolute atomic E-state index is 14.5. The van der Waals surface area contributed by atoms with Crippen molar-refractivity contribution in [3.8, 4) is 0 Å². The van der Waals surface area contributed by atoms with Crippen molar-refractivity contribution in [2.45, 2.75) is 57.5 Å². The van der Waals surface area contributed by atoms with Gasteiger partial charge in [0.1, 0.15) is 11.9 Å². The summed E-state index contributed by atoms with van der Waals surface area (Å²) in [6.45, 7) is 4.73. The molecule has 4 aromatic rings. The average molecular weight is 516 g/mol. The summed E-state index contributed by atoms with van der Waals surface area (Å²) in [6, 6.07) is 14.9. The van der Waals surface area contributed by atoms with Gasteiger partial charge in [-0.05, 0) is 71.0 Å². The van der Waals surface area contributed by atoms with Gasteiger partial charge in [-0.2, -0.15) is 0 Å². The number of nitrogens with zero attached hydrogens (tertiary/aromatic N) is 6. The Morgan fingerprint density at radius 1 is 1.03 bits per heavy atom. The van der Waals surface area contributed by atoms with Crippen LogP contribution in [0, 0.1) is 5.82 Å². The number of nitrogens with one attached hydrogen (secondary N) is 1. The number of tetrazole rings is 1. The van der Waals surface area contributed by atoms with Crippen LogP contribution in [0.5, 0.6) is 0 Å². The number of aromatic nitrogens is 5. The van der Waals surface area contributed by atoms with Crippen LogP contribution in [0.2, 0.25) is 0 Å². The molecule has 1 N–H and O–H groups in total. The number of fused-ring (bicyclic) bond motifs is 1. The third-order valence-electron chi connectivity index (χ3n) is 8.20. The molecule has 198 valence electrons. The summed E-state index contributed by atoms with van der Waals surface area (Å²) in [5, 5.41) is 14.1. The summed E-state index contributed by atoms with van der Waals surface area (Å²) in [5.74, 6) is 0.504.